The molecule has 0 bridgehead atoms. The number of amides is 2. The molecular formula is C11H16N2O2. The van der Waals surface area contributed by atoms with Gasteiger partial charge in [-0.15, -0.1) is 0 Å². The molecule has 0 aromatic heterocycles. The van der Waals surface area contributed by atoms with E-state index in [1.807, 2.05) is 30.3 Å². The first kappa shape index (κ1) is 11.5. The molecule has 0 aliphatic rings. The lowest BCUT2D eigenvalue weighted by Gasteiger charge is -2.19. The van der Waals surface area contributed by atoms with Crippen molar-refractivity contribution in [1.82, 2.24) is 10.2 Å². The normalized spacial score (nSPS) is 11.9. The predicted octanol–water partition coefficient (Wildman–Crippen LogP) is 0.991. The largest absolute Gasteiger partial charge is 0.394 e. The van der Waals surface area contributed by atoms with Gasteiger partial charge in [-0.1, -0.05) is 30.3 Å². The molecule has 2 amide bonds. The summed E-state index contributed by atoms with van der Waals surface area (Å²) in [5, 5.41) is 11.9. The van der Waals surface area contributed by atoms with E-state index < -0.39 is 0 Å². The Morgan fingerprint density at radius 2 is 2.00 bits per heavy atom. The zero-order chi connectivity index (χ0) is 11.3. The van der Waals surface area contributed by atoms with Crippen LogP contribution in [0.25, 0.3) is 0 Å². The van der Waals surface area contributed by atoms with Crippen LogP contribution in [-0.4, -0.2) is 36.7 Å². The summed E-state index contributed by atoms with van der Waals surface area (Å²) in [5.41, 5.74) is 0.898. The summed E-state index contributed by atoms with van der Waals surface area (Å²) in [5.74, 6) is 0. The second kappa shape index (κ2) is 5.36. The van der Waals surface area contributed by atoms with Crippen LogP contribution in [0.3, 0.4) is 0 Å². The lowest BCUT2D eigenvalue weighted by molar-refractivity contribution is 0.198. The monoisotopic (exact) mass is 208 g/mol. The highest BCUT2D eigenvalue weighted by Gasteiger charge is 2.13. The molecule has 0 heterocycles. The van der Waals surface area contributed by atoms with Crippen LogP contribution in [-0.2, 0) is 0 Å². The quantitative estimate of drug-likeness (QED) is 0.778. The molecule has 1 aromatic rings. The highest BCUT2D eigenvalue weighted by atomic mass is 16.3. The number of nitrogens with zero attached hydrogens (tertiary/aromatic N) is 1. The third-order valence-corrected chi connectivity index (χ3v) is 2.09. The Bertz CT molecular complexity index is 312. The van der Waals surface area contributed by atoms with E-state index in [1.54, 1.807) is 14.1 Å². The summed E-state index contributed by atoms with van der Waals surface area (Å²) in [4.78, 5) is 12.8. The molecule has 4 heteroatoms. The number of rotatable bonds is 3. The van der Waals surface area contributed by atoms with Crippen LogP contribution in [0.5, 0.6) is 0 Å². The maximum absolute atomic E-state index is 11.4. The SMILES string of the molecule is CN(C)C(=O)NC(CO)c1ccccc1. The molecule has 2 N–H and O–H groups in total. The van der Waals surface area contributed by atoms with Crippen molar-refractivity contribution in [2.75, 3.05) is 20.7 Å². The standard InChI is InChI=1S/C11H16N2O2/c1-13(2)11(15)12-10(8-14)9-6-4-3-5-7-9/h3-7,10,14H,8H2,1-2H3,(H,12,15). The number of hydrogen-bond acceptors (Lipinski definition) is 2. The first-order chi connectivity index (χ1) is 7.15. The number of carbonyl (C=O) groups excluding carboxylic acids is 1. The van der Waals surface area contributed by atoms with Gasteiger partial charge >= 0.3 is 6.03 Å². The van der Waals surface area contributed by atoms with Crippen LogP contribution in [0.15, 0.2) is 30.3 Å². The zero-order valence-electron chi connectivity index (χ0n) is 8.97. The molecule has 0 saturated heterocycles. The molecule has 1 aromatic carbocycles. The van der Waals surface area contributed by atoms with Gasteiger partial charge in [0.1, 0.15) is 0 Å². The number of benzene rings is 1. The van der Waals surface area contributed by atoms with Gasteiger partial charge in [-0.3, -0.25) is 0 Å². The van der Waals surface area contributed by atoms with Crippen molar-refractivity contribution in [3.05, 3.63) is 35.9 Å². The van der Waals surface area contributed by atoms with Gasteiger partial charge in [-0.25, -0.2) is 4.79 Å². The fourth-order valence-electron chi connectivity index (χ4n) is 1.20. The Morgan fingerprint density at radius 3 is 2.47 bits per heavy atom. The smallest absolute Gasteiger partial charge is 0.317 e. The molecule has 0 saturated carbocycles. The number of carbonyl (C=O) groups is 1. The fraction of sp³-hybridized carbons (Fsp3) is 0.364. The number of aliphatic hydroxyl groups excluding tert-OH is 1. The topological polar surface area (TPSA) is 52.6 Å². The van der Waals surface area contributed by atoms with E-state index in [1.165, 1.54) is 4.90 Å². The first-order valence-electron chi connectivity index (χ1n) is 4.78. The number of aliphatic hydroxyl groups is 1. The Labute approximate surface area is 89.5 Å². The van der Waals surface area contributed by atoms with E-state index >= 15 is 0 Å². The minimum atomic E-state index is -0.346. The van der Waals surface area contributed by atoms with Crippen LogP contribution < -0.4 is 5.32 Å². The molecule has 1 rings (SSSR count). The van der Waals surface area contributed by atoms with Crippen molar-refractivity contribution in [2.45, 2.75) is 6.04 Å². The maximum Gasteiger partial charge on any atom is 0.317 e. The van der Waals surface area contributed by atoms with Crippen LogP contribution >= 0.6 is 0 Å². The fourth-order valence-corrected chi connectivity index (χ4v) is 1.20. The van der Waals surface area contributed by atoms with Crippen LogP contribution in [0, 0.1) is 0 Å². The van der Waals surface area contributed by atoms with Crippen LogP contribution in [0.4, 0.5) is 4.79 Å². The molecule has 0 spiro atoms. The summed E-state index contributed by atoms with van der Waals surface area (Å²) in [6.07, 6.45) is 0. The maximum atomic E-state index is 11.4. The van der Waals surface area contributed by atoms with Crippen molar-refractivity contribution in [2.24, 2.45) is 0 Å². The molecule has 0 fully saturated rings. The van der Waals surface area contributed by atoms with E-state index in [2.05, 4.69) is 5.32 Å². The second-order valence-corrected chi connectivity index (χ2v) is 3.49. The molecule has 15 heavy (non-hydrogen) atoms. The molecule has 4 nitrogen and oxygen atoms in total. The van der Waals surface area contributed by atoms with Crippen molar-refractivity contribution < 1.29 is 9.90 Å². The molecule has 1 atom stereocenters. The van der Waals surface area contributed by atoms with Crippen molar-refractivity contribution in [1.29, 1.82) is 0 Å². The van der Waals surface area contributed by atoms with Gasteiger partial charge in [-0.05, 0) is 5.56 Å². The number of nitrogens with one attached hydrogen (secondary N) is 1. The van der Waals surface area contributed by atoms with Gasteiger partial charge in [0.25, 0.3) is 0 Å². The van der Waals surface area contributed by atoms with E-state index in [9.17, 15) is 9.90 Å². The molecule has 82 valence electrons. The minimum absolute atomic E-state index is 0.108. The summed E-state index contributed by atoms with van der Waals surface area (Å²) >= 11 is 0. The van der Waals surface area contributed by atoms with Gasteiger partial charge in [0.15, 0.2) is 0 Å². The van der Waals surface area contributed by atoms with Gasteiger partial charge < -0.3 is 15.3 Å². The Morgan fingerprint density at radius 1 is 1.40 bits per heavy atom. The first-order valence-corrected chi connectivity index (χ1v) is 4.78. The third kappa shape index (κ3) is 3.25. The summed E-state index contributed by atoms with van der Waals surface area (Å²) in [7, 11) is 3.32. The molecule has 0 aliphatic carbocycles. The van der Waals surface area contributed by atoms with Gasteiger partial charge in [0.05, 0.1) is 12.6 Å². The highest BCUT2D eigenvalue weighted by Crippen LogP contribution is 2.11. The summed E-state index contributed by atoms with van der Waals surface area (Å²) < 4.78 is 0. The molecule has 0 aliphatic heterocycles. The Hall–Kier alpha value is -1.55. The van der Waals surface area contributed by atoms with E-state index in [4.69, 9.17) is 0 Å². The third-order valence-electron chi connectivity index (χ3n) is 2.09. The highest BCUT2D eigenvalue weighted by molar-refractivity contribution is 5.74. The van der Waals surface area contributed by atoms with Gasteiger partial charge in [0.2, 0.25) is 0 Å². The number of urea groups is 1. The summed E-state index contributed by atoms with van der Waals surface area (Å²) in [6, 6.07) is 8.83. The lowest BCUT2D eigenvalue weighted by atomic mass is 10.1. The van der Waals surface area contributed by atoms with Gasteiger partial charge in [-0.2, -0.15) is 0 Å². The van der Waals surface area contributed by atoms with Gasteiger partial charge in [0, 0.05) is 14.1 Å². The van der Waals surface area contributed by atoms with Crippen LogP contribution in [0.1, 0.15) is 11.6 Å². The molecule has 1 unspecified atom stereocenters. The lowest BCUT2D eigenvalue weighted by Crippen LogP contribution is -2.38. The number of hydrogen-bond donors (Lipinski definition) is 2. The summed E-state index contributed by atoms with van der Waals surface area (Å²) in [6.45, 7) is -0.108. The van der Waals surface area contributed by atoms with E-state index in [0.717, 1.165) is 5.56 Å². The predicted molar refractivity (Wildman–Crippen MR) is 58.5 cm³/mol. The zero-order valence-corrected chi connectivity index (χ0v) is 8.97. The molecule has 0 radical (unpaired) electrons. The van der Waals surface area contributed by atoms with E-state index in [-0.39, 0.29) is 18.7 Å². The van der Waals surface area contributed by atoms with E-state index in [0.29, 0.717) is 0 Å². The van der Waals surface area contributed by atoms with Crippen molar-refractivity contribution >= 4 is 6.03 Å². The van der Waals surface area contributed by atoms with Crippen LogP contribution in [0.2, 0.25) is 0 Å². The Kier molecular flexibility index (Phi) is 4.12. The minimum Gasteiger partial charge on any atom is -0.394 e. The average molecular weight is 208 g/mol. The second-order valence-electron chi connectivity index (χ2n) is 3.49. The average Bonchev–Trinajstić information content (AvgIpc) is 2.26. The Balaban J connectivity index is 2.69. The molecular weight excluding hydrogens is 192 g/mol. The van der Waals surface area contributed by atoms with Crippen molar-refractivity contribution in [3.8, 4) is 0 Å². The van der Waals surface area contributed by atoms with Crippen molar-refractivity contribution in [3.63, 3.8) is 0 Å².